The minimum Gasteiger partial charge on any atom is -0.429 e. The van der Waals surface area contributed by atoms with E-state index in [2.05, 4.69) is 51.7 Å². The second-order valence-corrected chi connectivity index (χ2v) is 6.19. The number of nitrogen functional groups attached to an aromatic ring is 1. The highest BCUT2D eigenvalue weighted by Gasteiger charge is 2.19. The monoisotopic (exact) mass is 258 g/mol. The molecule has 0 atom stereocenters. The molecule has 19 heavy (non-hydrogen) atoms. The van der Waals surface area contributed by atoms with Gasteiger partial charge in [0, 0.05) is 5.56 Å². The first-order chi connectivity index (χ1) is 8.70. The normalized spacial score (nSPS) is 11.9. The summed E-state index contributed by atoms with van der Waals surface area (Å²) >= 11 is 0. The fourth-order valence-corrected chi connectivity index (χ4v) is 2.42. The molecule has 1 heterocycles. The number of nitrogens with two attached hydrogens (primary N) is 1. The summed E-state index contributed by atoms with van der Waals surface area (Å²) < 4.78 is 5.34. The number of anilines is 1. The van der Waals surface area contributed by atoms with E-state index in [4.69, 9.17) is 10.2 Å². The summed E-state index contributed by atoms with van der Waals surface area (Å²) in [4.78, 5) is 4.31. The molecule has 0 spiro atoms. The molecule has 2 aromatic rings. The van der Waals surface area contributed by atoms with E-state index in [1.807, 2.05) is 6.92 Å². The Hall–Kier alpha value is -1.77. The molecule has 1 aromatic heterocycles. The van der Waals surface area contributed by atoms with Gasteiger partial charge in [0.05, 0.1) is 0 Å². The molecule has 2 rings (SSSR count). The van der Waals surface area contributed by atoms with Crippen molar-refractivity contribution in [3.05, 3.63) is 34.6 Å². The predicted octanol–water partition coefficient (Wildman–Crippen LogP) is 4.15. The fraction of sp³-hybridized carbons (Fsp3) is 0.438. The van der Waals surface area contributed by atoms with E-state index >= 15 is 0 Å². The number of oxazole rings is 1. The van der Waals surface area contributed by atoms with Crippen LogP contribution in [0.3, 0.4) is 0 Å². The first kappa shape index (κ1) is 13.7. The fourth-order valence-electron chi connectivity index (χ4n) is 2.42. The average Bonchev–Trinajstić information content (AvgIpc) is 2.55. The van der Waals surface area contributed by atoms with Crippen molar-refractivity contribution in [2.24, 2.45) is 0 Å². The van der Waals surface area contributed by atoms with Gasteiger partial charge in [-0.25, -0.2) is 0 Å². The van der Waals surface area contributed by atoms with Crippen molar-refractivity contribution in [2.45, 2.75) is 47.0 Å². The quantitative estimate of drug-likeness (QED) is 0.836. The van der Waals surface area contributed by atoms with Gasteiger partial charge in [0.15, 0.2) is 0 Å². The first-order valence-electron chi connectivity index (χ1n) is 6.55. The lowest BCUT2D eigenvalue weighted by molar-refractivity contribution is 0.548. The van der Waals surface area contributed by atoms with Crippen LogP contribution in [0.15, 0.2) is 16.5 Å². The number of rotatable bonds is 1. The zero-order chi connectivity index (χ0) is 14.4. The molecule has 0 fully saturated rings. The molecular formula is C16H22N2O. The maximum absolute atomic E-state index is 5.64. The zero-order valence-electron chi connectivity index (χ0n) is 12.6. The summed E-state index contributed by atoms with van der Waals surface area (Å²) in [7, 11) is 0. The second kappa shape index (κ2) is 4.41. The van der Waals surface area contributed by atoms with Crippen LogP contribution in [-0.2, 0) is 5.41 Å². The molecule has 0 bridgehead atoms. The maximum Gasteiger partial charge on any atom is 0.292 e. The number of aryl methyl sites for hydroxylation is 3. The van der Waals surface area contributed by atoms with Crippen LogP contribution in [0.25, 0.3) is 11.3 Å². The van der Waals surface area contributed by atoms with Gasteiger partial charge in [0.25, 0.3) is 6.01 Å². The SMILES string of the molecule is Cc1cc(C(C)(C)C)cc(C)c1-c1nc(N)oc1C. The van der Waals surface area contributed by atoms with Crippen molar-refractivity contribution in [1.29, 1.82) is 0 Å². The summed E-state index contributed by atoms with van der Waals surface area (Å²) in [5.41, 5.74) is 11.5. The molecule has 0 saturated carbocycles. The molecule has 0 aliphatic rings. The van der Waals surface area contributed by atoms with E-state index in [0.29, 0.717) is 0 Å². The summed E-state index contributed by atoms with van der Waals surface area (Å²) in [6, 6.07) is 4.69. The highest BCUT2D eigenvalue weighted by molar-refractivity contribution is 5.70. The van der Waals surface area contributed by atoms with Crippen LogP contribution in [0.5, 0.6) is 0 Å². The Morgan fingerprint density at radius 1 is 1.05 bits per heavy atom. The van der Waals surface area contributed by atoms with Gasteiger partial charge in [-0.2, -0.15) is 4.98 Å². The smallest absolute Gasteiger partial charge is 0.292 e. The van der Waals surface area contributed by atoms with Crippen LogP contribution in [0.2, 0.25) is 0 Å². The maximum atomic E-state index is 5.64. The Balaban J connectivity index is 2.64. The zero-order valence-corrected chi connectivity index (χ0v) is 12.6. The standard InChI is InChI=1S/C16H22N2O/c1-9-7-12(16(4,5)6)8-10(2)13(9)14-11(3)19-15(17)18-14/h7-8H,1-6H3,(H2,17,18). The minimum absolute atomic E-state index is 0.145. The van der Waals surface area contributed by atoms with Crippen molar-refractivity contribution in [2.75, 3.05) is 5.73 Å². The molecule has 0 unspecified atom stereocenters. The summed E-state index contributed by atoms with van der Waals surface area (Å²) in [6.07, 6.45) is 0. The molecule has 2 N–H and O–H groups in total. The molecule has 0 saturated heterocycles. The van der Waals surface area contributed by atoms with E-state index < -0.39 is 0 Å². The number of hydrogen-bond donors (Lipinski definition) is 1. The van der Waals surface area contributed by atoms with Gasteiger partial charge in [-0.1, -0.05) is 32.9 Å². The van der Waals surface area contributed by atoms with Gasteiger partial charge in [0.2, 0.25) is 0 Å². The van der Waals surface area contributed by atoms with Gasteiger partial charge in [0.1, 0.15) is 11.5 Å². The highest BCUT2D eigenvalue weighted by atomic mass is 16.4. The van der Waals surface area contributed by atoms with Gasteiger partial charge >= 0.3 is 0 Å². The van der Waals surface area contributed by atoms with Gasteiger partial charge < -0.3 is 10.2 Å². The van der Waals surface area contributed by atoms with E-state index in [1.165, 1.54) is 16.7 Å². The molecular weight excluding hydrogens is 236 g/mol. The molecule has 1 aromatic carbocycles. The third kappa shape index (κ3) is 2.50. The minimum atomic E-state index is 0.145. The lowest BCUT2D eigenvalue weighted by Gasteiger charge is -2.22. The summed E-state index contributed by atoms with van der Waals surface area (Å²) in [5.74, 6) is 0.771. The number of hydrogen-bond acceptors (Lipinski definition) is 3. The molecule has 0 radical (unpaired) electrons. The third-order valence-corrected chi connectivity index (χ3v) is 3.45. The Bertz CT molecular complexity index is 595. The van der Waals surface area contributed by atoms with Crippen LogP contribution in [0, 0.1) is 20.8 Å². The predicted molar refractivity (Wildman–Crippen MR) is 79.3 cm³/mol. The topological polar surface area (TPSA) is 52.0 Å². The van der Waals surface area contributed by atoms with Crippen LogP contribution < -0.4 is 5.73 Å². The van der Waals surface area contributed by atoms with Gasteiger partial charge in [-0.3, -0.25) is 0 Å². The van der Waals surface area contributed by atoms with Crippen molar-refractivity contribution in [1.82, 2.24) is 4.98 Å². The van der Waals surface area contributed by atoms with Crippen molar-refractivity contribution in [3.63, 3.8) is 0 Å². The van der Waals surface area contributed by atoms with E-state index in [9.17, 15) is 0 Å². The largest absolute Gasteiger partial charge is 0.429 e. The Kier molecular flexibility index (Phi) is 3.17. The number of aromatic nitrogens is 1. The van der Waals surface area contributed by atoms with E-state index in [-0.39, 0.29) is 11.4 Å². The van der Waals surface area contributed by atoms with Crippen LogP contribution in [0.1, 0.15) is 43.2 Å². The highest BCUT2D eigenvalue weighted by Crippen LogP contribution is 2.34. The lowest BCUT2D eigenvalue weighted by atomic mass is 9.83. The van der Waals surface area contributed by atoms with Gasteiger partial charge in [-0.15, -0.1) is 0 Å². The molecule has 102 valence electrons. The molecule has 0 aliphatic carbocycles. The Morgan fingerprint density at radius 2 is 1.58 bits per heavy atom. The van der Waals surface area contributed by atoms with E-state index in [1.54, 1.807) is 0 Å². The lowest BCUT2D eigenvalue weighted by Crippen LogP contribution is -2.12. The Morgan fingerprint density at radius 3 is 1.95 bits per heavy atom. The molecule has 0 amide bonds. The summed E-state index contributed by atoms with van der Waals surface area (Å²) in [5, 5.41) is 0. The average molecular weight is 258 g/mol. The van der Waals surface area contributed by atoms with Crippen LogP contribution in [-0.4, -0.2) is 4.98 Å². The van der Waals surface area contributed by atoms with Crippen molar-refractivity contribution < 1.29 is 4.42 Å². The summed E-state index contributed by atoms with van der Waals surface area (Å²) in [6.45, 7) is 12.8. The van der Waals surface area contributed by atoms with Crippen LogP contribution >= 0.6 is 0 Å². The van der Waals surface area contributed by atoms with Gasteiger partial charge in [-0.05, 0) is 42.9 Å². The Labute approximate surface area is 114 Å². The van der Waals surface area contributed by atoms with Crippen LogP contribution in [0.4, 0.5) is 6.01 Å². The second-order valence-electron chi connectivity index (χ2n) is 6.19. The van der Waals surface area contributed by atoms with E-state index in [0.717, 1.165) is 17.0 Å². The third-order valence-electron chi connectivity index (χ3n) is 3.45. The van der Waals surface area contributed by atoms with Crippen molar-refractivity contribution >= 4 is 6.01 Å². The number of nitrogens with zero attached hydrogens (tertiary/aromatic N) is 1. The van der Waals surface area contributed by atoms with Crippen molar-refractivity contribution in [3.8, 4) is 11.3 Å². The number of benzene rings is 1. The molecule has 0 aliphatic heterocycles. The molecule has 3 nitrogen and oxygen atoms in total. The molecule has 3 heteroatoms. The first-order valence-corrected chi connectivity index (χ1v) is 6.55.